The van der Waals surface area contributed by atoms with Crippen molar-refractivity contribution in [2.45, 2.75) is 83.5 Å². The first kappa shape index (κ1) is 22.6. The van der Waals surface area contributed by atoms with E-state index in [-0.39, 0.29) is 22.0 Å². The van der Waals surface area contributed by atoms with Crippen LogP contribution in [0.3, 0.4) is 0 Å². The lowest BCUT2D eigenvalue weighted by Crippen LogP contribution is -2.30. The summed E-state index contributed by atoms with van der Waals surface area (Å²) < 4.78 is 0. The average Bonchev–Trinajstić information content (AvgIpc) is 3.57. The van der Waals surface area contributed by atoms with Crippen LogP contribution < -0.4 is 0 Å². The summed E-state index contributed by atoms with van der Waals surface area (Å²) in [6.45, 7) is 13.3. The van der Waals surface area contributed by atoms with Crippen LogP contribution in [0.25, 0.3) is 0 Å². The molecule has 1 fully saturated rings. The molecular weight excluding hydrogens is 392 g/mol. The molecule has 2 heteroatoms. The Morgan fingerprint density at radius 2 is 1.50 bits per heavy atom. The lowest BCUT2D eigenvalue weighted by Gasteiger charge is -2.38. The predicted octanol–water partition coefficient (Wildman–Crippen LogP) is 7.16. The quantitative estimate of drug-likeness (QED) is 0.301. The van der Waals surface area contributed by atoms with Crippen molar-refractivity contribution in [3.8, 4) is 0 Å². The lowest BCUT2D eigenvalue weighted by molar-refractivity contribution is -0.115. The molecule has 2 aliphatic rings. The molecule has 2 aromatic rings. The van der Waals surface area contributed by atoms with Crippen molar-refractivity contribution in [2.75, 3.05) is 0 Å². The molecule has 0 atom stereocenters. The highest BCUT2D eigenvalue weighted by atomic mass is 16.2. The molecule has 2 aromatic carbocycles. The van der Waals surface area contributed by atoms with Gasteiger partial charge in [0.25, 0.3) is 0 Å². The highest BCUT2D eigenvalue weighted by Gasteiger charge is 2.47. The molecule has 0 spiro atoms. The minimum absolute atomic E-state index is 0.000452. The van der Waals surface area contributed by atoms with E-state index in [2.05, 4.69) is 83.2 Å². The second kappa shape index (κ2) is 7.76. The number of aryl methyl sites for hydroxylation is 1. The summed E-state index contributed by atoms with van der Waals surface area (Å²) in [5.41, 5.74) is 8.80. The standard InChI is InChI=1S/C30H36O2/c1-7-27(32)22(19-31)17-21-8-10-23(11-9-21)30(14-15-30)24-18-26-25(16-20(24)2)28(3,4)12-13-29(26,5)6/h8-13,16,18-19,31H,7,14-15,17H2,1-6H3/b22-19+. The Bertz CT molecular complexity index is 1110. The molecule has 1 saturated carbocycles. The Morgan fingerprint density at radius 3 is 2.00 bits per heavy atom. The van der Waals surface area contributed by atoms with E-state index in [1.165, 1.54) is 40.7 Å². The van der Waals surface area contributed by atoms with Gasteiger partial charge >= 0.3 is 0 Å². The Kier molecular flexibility index (Phi) is 5.48. The van der Waals surface area contributed by atoms with Crippen LogP contribution in [0.2, 0.25) is 0 Å². The number of allylic oxidation sites excluding steroid dienone is 3. The van der Waals surface area contributed by atoms with Crippen molar-refractivity contribution in [3.05, 3.63) is 93.8 Å². The van der Waals surface area contributed by atoms with E-state index >= 15 is 0 Å². The van der Waals surface area contributed by atoms with Gasteiger partial charge in [0, 0.05) is 34.7 Å². The molecule has 0 radical (unpaired) electrons. The normalized spacial score (nSPS) is 20.0. The molecule has 168 valence electrons. The van der Waals surface area contributed by atoms with Crippen LogP contribution in [0.1, 0.15) is 87.3 Å². The Morgan fingerprint density at radius 1 is 0.938 bits per heavy atom. The molecule has 0 heterocycles. The Balaban J connectivity index is 1.69. The van der Waals surface area contributed by atoms with Crippen molar-refractivity contribution < 1.29 is 9.90 Å². The summed E-state index contributed by atoms with van der Waals surface area (Å²) in [5.74, 6) is -0.000452. The van der Waals surface area contributed by atoms with Gasteiger partial charge in [-0.05, 0) is 53.1 Å². The lowest BCUT2D eigenvalue weighted by atomic mass is 9.66. The average molecular weight is 429 g/mol. The highest BCUT2D eigenvalue weighted by molar-refractivity contribution is 5.95. The van der Waals surface area contributed by atoms with Crippen LogP contribution in [0.4, 0.5) is 0 Å². The molecule has 0 bridgehead atoms. The van der Waals surface area contributed by atoms with Crippen LogP contribution in [0, 0.1) is 6.92 Å². The van der Waals surface area contributed by atoms with E-state index in [9.17, 15) is 9.90 Å². The smallest absolute Gasteiger partial charge is 0.161 e. The first-order valence-corrected chi connectivity index (χ1v) is 11.9. The van der Waals surface area contributed by atoms with Gasteiger partial charge in [-0.3, -0.25) is 4.79 Å². The maximum atomic E-state index is 12.0. The first-order valence-electron chi connectivity index (χ1n) is 11.9. The molecule has 0 aromatic heterocycles. The van der Waals surface area contributed by atoms with Gasteiger partial charge in [0.1, 0.15) is 0 Å². The summed E-state index contributed by atoms with van der Waals surface area (Å²) in [4.78, 5) is 12.0. The maximum absolute atomic E-state index is 12.0. The molecule has 2 nitrogen and oxygen atoms in total. The number of benzene rings is 2. The van der Waals surface area contributed by atoms with Crippen LogP contribution in [0.5, 0.6) is 0 Å². The summed E-state index contributed by atoms with van der Waals surface area (Å²) in [6, 6.07) is 13.6. The van der Waals surface area contributed by atoms with Crippen LogP contribution in [-0.2, 0) is 27.5 Å². The number of aliphatic hydroxyl groups is 1. The molecule has 32 heavy (non-hydrogen) atoms. The summed E-state index contributed by atoms with van der Waals surface area (Å²) in [6.07, 6.45) is 8.92. The van der Waals surface area contributed by atoms with E-state index in [1.54, 1.807) is 0 Å². The summed E-state index contributed by atoms with van der Waals surface area (Å²) in [7, 11) is 0. The number of Topliss-reactive ketones (excluding diaryl/α,β-unsaturated/α-hetero) is 1. The van der Waals surface area contributed by atoms with Gasteiger partial charge in [0.2, 0.25) is 0 Å². The zero-order valence-corrected chi connectivity index (χ0v) is 20.4. The summed E-state index contributed by atoms with van der Waals surface area (Å²) >= 11 is 0. The van der Waals surface area contributed by atoms with Gasteiger partial charge in [0.15, 0.2) is 5.78 Å². The molecule has 2 aliphatic carbocycles. The minimum atomic E-state index is -0.000452. The third-order valence-electron chi connectivity index (χ3n) is 7.67. The van der Waals surface area contributed by atoms with Crippen molar-refractivity contribution in [2.24, 2.45) is 0 Å². The molecule has 0 unspecified atom stereocenters. The number of ketones is 1. The fraction of sp³-hybridized carbons (Fsp3) is 0.433. The Hall–Kier alpha value is -2.61. The number of carbonyl (C=O) groups excluding carboxylic acids is 1. The molecule has 0 amide bonds. The van der Waals surface area contributed by atoms with Crippen LogP contribution >= 0.6 is 0 Å². The van der Waals surface area contributed by atoms with E-state index < -0.39 is 0 Å². The third-order valence-corrected chi connectivity index (χ3v) is 7.67. The number of aliphatic hydroxyl groups excluding tert-OH is 1. The molecule has 4 rings (SSSR count). The highest BCUT2D eigenvalue weighted by Crippen LogP contribution is 2.56. The fourth-order valence-corrected chi connectivity index (χ4v) is 5.33. The fourth-order valence-electron chi connectivity index (χ4n) is 5.33. The predicted molar refractivity (Wildman–Crippen MR) is 133 cm³/mol. The summed E-state index contributed by atoms with van der Waals surface area (Å²) in [5, 5.41) is 9.45. The van der Waals surface area contributed by atoms with E-state index in [1.807, 2.05) is 6.92 Å². The topological polar surface area (TPSA) is 37.3 Å². The van der Waals surface area contributed by atoms with Crippen molar-refractivity contribution in [3.63, 3.8) is 0 Å². The third kappa shape index (κ3) is 3.74. The molecule has 1 N–H and O–H groups in total. The van der Waals surface area contributed by atoms with Crippen molar-refractivity contribution >= 4 is 5.78 Å². The first-order chi connectivity index (χ1) is 15.0. The number of hydrogen-bond donors (Lipinski definition) is 1. The molecule has 0 aliphatic heterocycles. The van der Waals surface area contributed by atoms with Gasteiger partial charge in [0.05, 0.1) is 6.26 Å². The van der Waals surface area contributed by atoms with Crippen LogP contribution in [-0.4, -0.2) is 10.9 Å². The van der Waals surface area contributed by atoms with Gasteiger partial charge in [-0.1, -0.05) is 83.2 Å². The van der Waals surface area contributed by atoms with Gasteiger partial charge in [-0.2, -0.15) is 0 Å². The van der Waals surface area contributed by atoms with E-state index in [4.69, 9.17) is 0 Å². The zero-order chi connectivity index (χ0) is 23.3. The second-order valence-corrected chi connectivity index (χ2v) is 10.9. The SMILES string of the molecule is CCC(=O)/C(=C/O)Cc1ccc(C2(c3cc4c(cc3C)C(C)(C)C=CC4(C)C)CC2)cc1. The number of fused-ring (bicyclic) bond motifs is 1. The van der Waals surface area contributed by atoms with E-state index in [0.29, 0.717) is 18.4 Å². The zero-order valence-electron chi connectivity index (χ0n) is 20.4. The molecular formula is C30H36O2. The van der Waals surface area contributed by atoms with Crippen molar-refractivity contribution in [1.82, 2.24) is 0 Å². The monoisotopic (exact) mass is 428 g/mol. The number of rotatable bonds is 6. The largest absolute Gasteiger partial charge is 0.515 e. The van der Waals surface area contributed by atoms with E-state index in [0.717, 1.165) is 11.8 Å². The van der Waals surface area contributed by atoms with Crippen LogP contribution in [0.15, 0.2) is 60.4 Å². The van der Waals surface area contributed by atoms with Crippen molar-refractivity contribution in [1.29, 1.82) is 0 Å². The molecule has 0 saturated heterocycles. The van der Waals surface area contributed by atoms with Gasteiger partial charge < -0.3 is 5.11 Å². The second-order valence-electron chi connectivity index (χ2n) is 10.9. The number of carbonyl (C=O) groups is 1. The number of hydrogen-bond acceptors (Lipinski definition) is 2. The van der Waals surface area contributed by atoms with Gasteiger partial charge in [-0.25, -0.2) is 0 Å². The maximum Gasteiger partial charge on any atom is 0.161 e. The Labute approximate surface area is 193 Å². The minimum Gasteiger partial charge on any atom is -0.515 e. The van der Waals surface area contributed by atoms with Gasteiger partial charge in [-0.15, -0.1) is 0 Å².